The summed E-state index contributed by atoms with van der Waals surface area (Å²) in [7, 11) is 0. The monoisotopic (exact) mass is 302 g/mol. The molecule has 1 aliphatic heterocycles. The summed E-state index contributed by atoms with van der Waals surface area (Å²) in [6, 6.07) is 11.5. The lowest BCUT2D eigenvalue weighted by Crippen LogP contribution is -2.48. The number of amidine groups is 1. The van der Waals surface area contributed by atoms with Crippen LogP contribution in [0.4, 0.5) is 11.4 Å². The molecule has 21 heavy (non-hydrogen) atoms. The van der Waals surface area contributed by atoms with Crippen LogP contribution in [0.1, 0.15) is 12.5 Å². The molecule has 0 bridgehead atoms. The van der Waals surface area contributed by atoms with Gasteiger partial charge in [-0.3, -0.25) is 15.2 Å². The molecule has 108 valence electrons. The van der Waals surface area contributed by atoms with Crippen molar-refractivity contribution in [2.75, 3.05) is 5.01 Å². The number of carbonyl (C=O) groups excluding carboxylic acids is 1. The zero-order valence-corrected chi connectivity index (χ0v) is 12.3. The van der Waals surface area contributed by atoms with Gasteiger partial charge in [-0.1, -0.05) is 30.3 Å². The van der Waals surface area contributed by atoms with E-state index in [9.17, 15) is 4.79 Å². The van der Waals surface area contributed by atoms with Gasteiger partial charge in [0.05, 0.1) is 18.3 Å². The van der Waals surface area contributed by atoms with Gasteiger partial charge in [0, 0.05) is 6.20 Å². The number of hydrazine groups is 1. The van der Waals surface area contributed by atoms with Crippen molar-refractivity contribution in [3.63, 3.8) is 0 Å². The number of nitrogens with one attached hydrogen (secondary N) is 1. The summed E-state index contributed by atoms with van der Waals surface area (Å²) in [5, 5.41) is 1.53. The highest BCUT2D eigenvalue weighted by Gasteiger charge is 2.22. The number of amides is 1. The molecule has 0 atom stereocenters. The average Bonchev–Trinajstić information content (AvgIpc) is 2.47. The molecule has 0 fully saturated rings. The van der Waals surface area contributed by atoms with Crippen molar-refractivity contribution < 1.29 is 4.79 Å². The van der Waals surface area contributed by atoms with E-state index in [1.807, 2.05) is 37.3 Å². The highest BCUT2D eigenvalue weighted by Crippen LogP contribution is 2.29. The van der Waals surface area contributed by atoms with Crippen LogP contribution in [0, 0.1) is 0 Å². The Kier molecular flexibility index (Phi) is 4.55. The molecule has 1 aromatic carbocycles. The van der Waals surface area contributed by atoms with E-state index in [-0.39, 0.29) is 18.3 Å². The summed E-state index contributed by atoms with van der Waals surface area (Å²) < 4.78 is 0. The second-order valence-electron chi connectivity index (χ2n) is 4.56. The Morgan fingerprint density at radius 1 is 1.24 bits per heavy atom. The van der Waals surface area contributed by atoms with Crippen molar-refractivity contribution in [2.45, 2.75) is 13.3 Å². The van der Waals surface area contributed by atoms with Crippen molar-refractivity contribution in [2.24, 2.45) is 4.99 Å². The van der Waals surface area contributed by atoms with E-state index < -0.39 is 0 Å². The molecule has 0 aliphatic carbocycles. The Morgan fingerprint density at radius 2 is 2.00 bits per heavy atom. The molecule has 1 N–H and O–H groups in total. The third-order valence-electron chi connectivity index (χ3n) is 3.03. The zero-order chi connectivity index (χ0) is 13.9. The minimum atomic E-state index is -0.0297. The van der Waals surface area contributed by atoms with Crippen molar-refractivity contribution in [3.8, 4) is 0 Å². The van der Waals surface area contributed by atoms with Crippen LogP contribution in [0.15, 0.2) is 53.8 Å². The smallest absolute Gasteiger partial charge is 0.250 e. The molecular weight excluding hydrogens is 288 g/mol. The predicted octanol–water partition coefficient (Wildman–Crippen LogP) is 2.65. The van der Waals surface area contributed by atoms with E-state index in [0.29, 0.717) is 17.9 Å². The molecule has 2 aromatic rings. The Morgan fingerprint density at radius 3 is 2.76 bits per heavy atom. The maximum atomic E-state index is 12.5. The second kappa shape index (κ2) is 6.37. The maximum Gasteiger partial charge on any atom is 0.250 e. The number of hydrogen-bond donors (Lipinski definition) is 1. The number of carbonyl (C=O) groups is 1. The number of hydrogen-bond acceptors (Lipinski definition) is 4. The molecule has 6 heteroatoms. The first-order valence-corrected chi connectivity index (χ1v) is 6.37. The highest BCUT2D eigenvalue weighted by atomic mass is 35.5. The van der Waals surface area contributed by atoms with Crippen LogP contribution in [0.25, 0.3) is 0 Å². The Bertz CT molecular complexity index is 672. The van der Waals surface area contributed by atoms with Crippen LogP contribution in [0.5, 0.6) is 0 Å². The number of aromatic nitrogens is 1. The lowest BCUT2D eigenvalue weighted by Gasteiger charge is -2.28. The number of benzene rings is 1. The number of halogens is 1. The molecule has 3 rings (SSSR count). The normalized spacial score (nSPS) is 12.6. The largest absolute Gasteiger partial charge is 0.278 e. The minimum Gasteiger partial charge on any atom is -0.278 e. The zero-order valence-electron chi connectivity index (χ0n) is 11.5. The van der Waals surface area contributed by atoms with Gasteiger partial charge in [0.1, 0.15) is 11.5 Å². The molecular formula is C15H15ClN4O. The molecule has 0 spiro atoms. The molecule has 0 saturated carbocycles. The van der Waals surface area contributed by atoms with E-state index in [0.717, 1.165) is 11.3 Å². The van der Waals surface area contributed by atoms with E-state index in [1.165, 1.54) is 5.01 Å². The first kappa shape index (κ1) is 15.0. The quantitative estimate of drug-likeness (QED) is 0.928. The summed E-state index contributed by atoms with van der Waals surface area (Å²) in [6.45, 7) is 1.82. The molecule has 1 amide bonds. The number of pyridine rings is 1. The first-order chi connectivity index (χ1) is 9.74. The minimum absolute atomic E-state index is 0. The fraction of sp³-hybridized carbons (Fsp3) is 0.133. The number of aliphatic imine (C=N–C) groups is 1. The van der Waals surface area contributed by atoms with Crippen molar-refractivity contribution >= 4 is 35.5 Å². The Hall–Kier alpha value is -2.40. The van der Waals surface area contributed by atoms with Crippen LogP contribution in [0.2, 0.25) is 0 Å². The van der Waals surface area contributed by atoms with Crippen LogP contribution >= 0.6 is 12.4 Å². The van der Waals surface area contributed by atoms with Gasteiger partial charge in [-0.2, -0.15) is 0 Å². The fourth-order valence-corrected chi connectivity index (χ4v) is 2.13. The van der Waals surface area contributed by atoms with E-state index in [1.54, 1.807) is 18.5 Å². The third kappa shape index (κ3) is 3.20. The van der Waals surface area contributed by atoms with Gasteiger partial charge in [-0.25, -0.2) is 10.0 Å². The standard InChI is InChI=1S/C15H14N4O.ClH/c1-11-17-13-10-16-8-7-14(13)19(18-11)15(20)9-12-5-3-2-4-6-12;/h2-8,10H,9H2,1H3,(H,17,18);1H. The van der Waals surface area contributed by atoms with Gasteiger partial charge in [-0.05, 0) is 18.6 Å². The van der Waals surface area contributed by atoms with E-state index in [4.69, 9.17) is 0 Å². The maximum absolute atomic E-state index is 12.5. The molecule has 0 unspecified atom stereocenters. The van der Waals surface area contributed by atoms with Crippen LogP contribution in [0.3, 0.4) is 0 Å². The Balaban J connectivity index is 0.00000161. The number of rotatable bonds is 2. The summed E-state index contributed by atoms with van der Waals surface area (Å²) in [4.78, 5) is 20.8. The number of fused-ring (bicyclic) bond motifs is 1. The lowest BCUT2D eigenvalue weighted by molar-refractivity contribution is -0.118. The van der Waals surface area contributed by atoms with E-state index in [2.05, 4.69) is 15.4 Å². The molecule has 1 aromatic heterocycles. The summed E-state index contributed by atoms with van der Waals surface area (Å²) in [5.74, 6) is 0.643. The SMILES string of the molecule is CC1=Nc2cnccc2N(C(=O)Cc2ccccc2)N1.Cl. The van der Waals surface area contributed by atoms with Crippen molar-refractivity contribution in [3.05, 3.63) is 54.4 Å². The predicted molar refractivity (Wildman–Crippen MR) is 85.0 cm³/mol. The van der Waals surface area contributed by atoms with Gasteiger partial charge < -0.3 is 0 Å². The van der Waals surface area contributed by atoms with Crippen LogP contribution in [-0.2, 0) is 11.2 Å². The van der Waals surface area contributed by atoms with Crippen molar-refractivity contribution in [1.29, 1.82) is 0 Å². The highest BCUT2D eigenvalue weighted by molar-refractivity contribution is 6.03. The number of nitrogens with zero attached hydrogens (tertiary/aromatic N) is 3. The summed E-state index contributed by atoms with van der Waals surface area (Å²) in [5.41, 5.74) is 5.41. The lowest BCUT2D eigenvalue weighted by atomic mass is 10.1. The average molecular weight is 303 g/mol. The van der Waals surface area contributed by atoms with Gasteiger partial charge in [-0.15, -0.1) is 12.4 Å². The van der Waals surface area contributed by atoms with Crippen molar-refractivity contribution in [1.82, 2.24) is 10.4 Å². The van der Waals surface area contributed by atoms with Crippen LogP contribution in [-0.4, -0.2) is 16.7 Å². The Labute approximate surface area is 129 Å². The molecule has 0 saturated heterocycles. The van der Waals surface area contributed by atoms with Gasteiger partial charge >= 0.3 is 0 Å². The molecule has 0 radical (unpaired) electrons. The first-order valence-electron chi connectivity index (χ1n) is 6.37. The fourth-order valence-electron chi connectivity index (χ4n) is 2.13. The molecule has 1 aliphatic rings. The summed E-state index contributed by atoms with van der Waals surface area (Å²) in [6.07, 6.45) is 3.64. The third-order valence-corrected chi connectivity index (χ3v) is 3.03. The topological polar surface area (TPSA) is 57.6 Å². The number of anilines is 1. The van der Waals surface area contributed by atoms with Gasteiger partial charge in [0.15, 0.2) is 0 Å². The summed E-state index contributed by atoms with van der Waals surface area (Å²) >= 11 is 0. The molecule has 5 nitrogen and oxygen atoms in total. The van der Waals surface area contributed by atoms with Gasteiger partial charge in [0.25, 0.3) is 0 Å². The molecule has 2 heterocycles. The van der Waals surface area contributed by atoms with Crippen LogP contribution < -0.4 is 10.4 Å². The van der Waals surface area contributed by atoms with Gasteiger partial charge in [0.2, 0.25) is 5.91 Å². The second-order valence-corrected chi connectivity index (χ2v) is 4.56. The van der Waals surface area contributed by atoms with E-state index >= 15 is 0 Å².